The summed E-state index contributed by atoms with van der Waals surface area (Å²) in [5.74, 6) is 1.83. The van der Waals surface area contributed by atoms with Gasteiger partial charge < -0.3 is 4.42 Å². The lowest BCUT2D eigenvalue weighted by Gasteiger charge is -2.13. The molecule has 3 aromatic heterocycles. The molecule has 0 amide bonds. The van der Waals surface area contributed by atoms with Crippen molar-refractivity contribution in [3.63, 3.8) is 0 Å². The first-order chi connectivity index (χ1) is 27.7. The molecule has 0 aliphatic rings. The van der Waals surface area contributed by atoms with E-state index in [1.165, 1.54) is 42.4 Å². The lowest BCUT2D eigenvalue weighted by atomic mass is 9.90. The number of nitrogens with zero attached hydrogens (tertiary/aromatic N) is 3. The van der Waals surface area contributed by atoms with Crippen molar-refractivity contribution in [3.8, 4) is 67.5 Å². The first kappa shape index (κ1) is 32.2. The molecule has 11 rings (SSSR count). The van der Waals surface area contributed by atoms with Gasteiger partial charge in [0, 0.05) is 47.6 Å². The molecular weight excluding hydrogens is 703 g/mol. The van der Waals surface area contributed by atoms with Crippen LogP contribution < -0.4 is 0 Å². The second-order valence-corrected chi connectivity index (χ2v) is 15.0. The standard InChI is InChI=1S/C51H31N3OS/c1-4-12-32(13-5-1)33-20-22-36(23-21-33)50-52-49(35-16-8-3-9-17-35)53-51(54-50)38-25-27-41-40-26-24-37(30-43(40)55-44(41)31-38)39-28-29-46-48(42-18-10-11-19-45(42)56-46)47(39)34-14-6-2-7-15-34/h1-31H. The first-order valence-electron chi connectivity index (χ1n) is 18.7. The van der Waals surface area contributed by atoms with Crippen LogP contribution in [0.2, 0.25) is 0 Å². The van der Waals surface area contributed by atoms with Gasteiger partial charge in [0.2, 0.25) is 0 Å². The summed E-state index contributed by atoms with van der Waals surface area (Å²) in [6.45, 7) is 0. The molecule has 0 saturated heterocycles. The van der Waals surface area contributed by atoms with Crippen LogP contribution >= 0.6 is 11.3 Å². The van der Waals surface area contributed by atoms with E-state index in [4.69, 9.17) is 19.4 Å². The fourth-order valence-electron chi connectivity index (χ4n) is 7.84. The van der Waals surface area contributed by atoms with E-state index < -0.39 is 0 Å². The molecule has 4 nitrogen and oxygen atoms in total. The molecule has 262 valence electrons. The molecule has 0 aliphatic heterocycles. The highest BCUT2D eigenvalue weighted by Crippen LogP contribution is 2.46. The molecule has 0 fully saturated rings. The van der Waals surface area contributed by atoms with Gasteiger partial charge in [-0.2, -0.15) is 0 Å². The van der Waals surface area contributed by atoms with E-state index in [9.17, 15) is 0 Å². The quantitative estimate of drug-likeness (QED) is 0.171. The van der Waals surface area contributed by atoms with Crippen molar-refractivity contribution in [1.29, 1.82) is 0 Å². The molecule has 3 heterocycles. The van der Waals surface area contributed by atoms with Crippen molar-refractivity contribution in [2.24, 2.45) is 0 Å². The lowest BCUT2D eigenvalue weighted by Crippen LogP contribution is -2.00. The fourth-order valence-corrected chi connectivity index (χ4v) is 8.95. The van der Waals surface area contributed by atoms with E-state index in [-0.39, 0.29) is 0 Å². The summed E-state index contributed by atoms with van der Waals surface area (Å²) < 4.78 is 9.26. The molecule has 0 saturated carbocycles. The summed E-state index contributed by atoms with van der Waals surface area (Å²) in [6, 6.07) is 65.7. The Morgan fingerprint density at radius 1 is 0.339 bits per heavy atom. The monoisotopic (exact) mass is 733 g/mol. The SMILES string of the molecule is c1ccc(-c2ccc(-c3nc(-c4ccccc4)nc(-c4ccc5c(c4)oc4cc(-c6ccc7sc8ccccc8c7c6-c6ccccc6)ccc45)n3)cc2)cc1. The molecule has 8 aromatic carbocycles. The minimum Gasteiger partial charge on any atom is -0.456 e. The summed E-state index contributed by atoms with van der Waals surface area (Å²) in [5.41, 5.74) is 11.4. The third-order valence-corrected chi connectivity index (χ3v) is 11.7. The minimum atomic E-state index is 0.591. The second kappa shape index (κ2) is 13.3. The normalized spacial score (nSPS) is 11.6. The number of thiophene rings is 1. The number of benzene rings is 8. The molecule has 11 aromatic rings. The van der Waals surface area contributed by atoms with Crippen LogP contribution in [0.15, 0.2) is 192 Å². The van der Waals surface area contributed by atoms with Crippen LogP contribution in [0.5, 0.6) is 0 Å². The van der Waals surface area contributed by atoms with Crippen molar-refractivity contribution in [3.05, 3.63) is 188 Å². The molecule has 0 N–H and O–H groups in total. The van der Waals surface area contributed by atoms with Gasteiger partial charge in [0.1, 0.15) is 11.2 Å². The van der Waals surface area contributed by atoms with E-state index in [2.05, 4.69) is 152 Å². The van der Waals surface area contributed by atoms with Gasteiger partial charge in [-0.25, -0.2) is 15.0 Å². The third kappa shape index (κ3) is 5.56. The summed E-state index contributed by atoms with van der Waals surface area (Å²) in [7, 11) is 0. The van der Waals surface area contributed by atoms with E-state index in [0.717, 1.165) is 49.8 Å². The Labute approximate surface area is 327 Å². The number of aromatic nitrogens is 3. The minimum absolute atomic E-state index is 0.591. The predicted molar refractivity (Wildman–Crippen MR) is 233 cm³/mol. The average Bonchev–Trinajstić information content (AvgIpc) is 3.84. The summed E-state index contributed by atoms with van der Waals surface area (Å²) in [5, 5.41) is 4.69. The summed E-state index contributed by atoms with van der Waals surface area (Å²) >= 11 is 1.85. The van der Waals surface area contributed by atoms with Crippen molar-refractivity contribution in [1.82, 2.24) is 15.0 Å². The Kier molecular flexibility index (Phi) is 7.64. The molecule has 0 spiro atoms. The lowest BCUT2D eigenvalue weighted by molar-refractivity contribution is 0.669. The van der Waals surface area contributed by atoms with Crippen molar-refractivity contribution in [2.75, 3.05) is 0 Å². The van der Waals surface area contributed by atoms with E-state index in [0.29, 0.717) is 17.5 Å². The first-order valence-corrected chi connectivity index (χ1v) is 19.5. The molecule has 5 heteroatoms. The van der Waals surface area contributed by atoms with Gasteiger partial charge in [-0.3, -0.25) is 0 Å². The Balaban J connectivity index is 1.02. The average molecular weight is 734 g/mol. The maximum Gasteiger partial charge on any atom is 0.164 e. The Hall–Kier alpha value is -7.21. The van der Waals surface area contributed by atoms with Gasteiger partial charge >= 0.3 is 0 Å². The molecule has 0 bridgehead atoms. The zero-order chi connectivity index (χ0) is 37.0. The van der Waals surface area contributed by atoms with Gasteiger partial charge in [-0.1, -0.05) is 152 Å². The van der Waals surface area contributed by atoms with E-state index in [1.54, 1.807) is 0 Å². The number of rotatable bonds is 6. The van der Waals surface area contributed by atoms with Crippen LogP contribution in [0.1, 0.15) is 0 Å². The van der Waals surface area contributed by atoms with Gasteiger partial charge in [0.05, 0.1) is 0 Å². The second-order valence-electron chi connectivity index (χ2n) is 14.0. The van der Waals surface area contributed by atoms with E-state index in [1.807, 2.05) is 47.7 Å². The Morgan fingerprint density at radius 3 is 1.50 bits per heavy atom. The number of fused-ring (bicyclic) bond motifs is 6. The van der Waals surface area contributed by atoms with E-state index >= 15 is 0 Å². The highest BCUT2D eigenvalue weighted by Gasteiger charge is 2.19. The van der Waals surface area contributed by atoms with Gasteiger partial charge in [0.15, 0.2) is 17.5 Å². The van der Waals surface area contributed by atoms with Crippen LogP contribution in [0.4, 0.5) is 0 Å². The molecule has 0 atom stereocenters. The number of hydrogen-bond acceptors (Lipinski definition) is 5. The summed E-state index contributed by atoms with van der Waals surface area (Å²) in [4.78, 5) is 15.0. The molecular formula is C51H31N3OS. The maximum atomic E-state index is 6.68. The fraction of sp³-hybridized carbons (Fsp3) is 0. The zero-order valence-corrected chi connectivity index (χ0v) is 30.9. The van der Waals surface area contributed by atoms with Crippen LogP contribution in [-0.4, -0.2) is 15.0 Å². The molecule has 0 unspecified atom stereocenters. The molecule has 0 aliphatic carbocycles. The maximum absolute atomic E-state index is 6.68. The topological polar surface area (TPSA) is 51.8 Å². The smallest absolute Gasteiger partial charge is 0.164 e. The van der Waals surface area contributed by atoms with Crippen molar-refractivity contribution in [2.45, 2.75) is 0 Å². The predicted octanol–water partition coefficient (Wildman–Crippen LogP) is 14.1. The van der Waals surface area contributed by atoms with Gasteiger partial charge in [-0.05, 0) is 69.8 Å². The zero-order valence-electron chi connectivity index (χ0n) is 30.1. The van der Waals surface area contributed by atoms with Gasteiger partial charge in [-0.15, -0.1) is 11.3 Å². The largest absolute Gasteiger partial charge is 0.456 e. The Bertz CT molecular complexity index is 3230. The highest BCUT2D eigenvalue weighted by atomic mass is 32.1. The van der Waals surface area contributed by atoms with Crippen molar-refractivity contribution < 1.29 is 4.42 Å². The highest BCUT2D eigenvalue weighted by molar-refractivity contribution is 7.26. The van der Waals surface area contributed by atoms with Crippen LogP contribution in [-0.2, 0) is 0 Å². The van der Waals surface area contributed by atoms with Crippen molar-refractivity contribution >= 4 is 53.4 Å². The van der Waals surface area contributed by atoms with Gasteiger partial charge in [0.25, 0.3) is 0 Å². The molecule has 56 heavy (non-hydrogen) atoms. The van der Waals surface area contributed by atoms with Crippen LogP contribution in [0, 0.1) is 0 Å². The third-order valence-electron chi connectivity index (χ3n) is 10.6. The number of hydrogen-bond donors (Lipinski definition) is 0. The molecule has 0 radical (unpaired) electrons. The summed E-state index contributed by atoms with van der Waals surface area (Å²) in [6.07, 6.45) is 0. The Morgan fingerprint density at radius 2 is 0.821 bits per heavy atom. The number of furan rings is 1. The van der Waals surface area contributed by atoms with Crippen LogP contribution in [0.25, 0.3) is 110 Å². The van der Waals surface area contributed by atoms with Crippen LogP contribution in [0.3, 0.4) is 0 Å².